The zero-order valence-corrected chi connectivity index (χ0v) is 15.2. The minimum Gasteiger partial charge on any atom is -0.465 e. The number of fused-ring (bicyclic) bond motifs is 2. The van der Waals surface area contributed by atoms with Gasteiger partial charge in [0.15, 0.2) is 0 Å². The van der Waals surface area contributed by atoms with Gasteiger partial charge in [-0.1, -0.05) is 12.1 Å². The Kier molecular flexibility index (Phi) is 4.08. The van der Waals surface area contributed by atoms with Crippen LogP contribution >= 0.6 is 0 Å². The highest BCUT2D eigenvalue weighted by Gasteiger charge is 2.51. The maximum atomic E-state index is 12.8. The van der Waals surface area contributed by atoms with Gasteiger partial charge >= 0.3 is 5.97 Å². The standard InChI is InChI=1S/C20H26N2O3/c1-4-25-19(23)20(12-24-3)9-15-14-6-5-7-16-18(14)13(10-21-16)8-17(15)22(2)11-20/h5-7,10,15,17,21H,4,8-9,11-12H2,1-3H3/t15?,17-,20-/m1/s1. The Morgan fingerprint density at radius 3 is 3.04 bits per heavy atom. The van der Waals surface area contributed by atoms with E-state index in [0.29, 0.717) is 31.7 Å². The first-order chi connectivity index (χ1) is 12.1. The molecular weight excluding hydrogens is 316 g/mol. The maximum Gasteiger partial charge on any atom is 0.315 e. The van der Waals surface area contributed by atoms with E-state index < -0.39 is 5.41 Å². The van der Waals surface area contributed by atoms with E-state index in [1.54, 1.807) is 7.11 Å². The van der Waals surface area contributed by atoms with E-state index in [1.165, 1.54) is 22.0 Å². The number of piperidine rings is 1. The Hall–Kier alpha value is -1.85. The molecule has 1 aromatic carbocycles. The zero-order valence-electron chi connectivity index (χ0n) is 15.2. The Morgan fingerprint density at radius 2 is 2.28 bits per heavy atom. The largest absolute Gasteiger partial charge is 0.465 e. The van der Waals surface area contributed by atoms with Crippen molar-refractivity contribution in [1.82, 2.24) is 9.88 Å². The van der Waals surface area contributed by atoms with Gasteiger partial charge in [-0.25, -0.2) is 0 Å². The van der Waals surface area contributed by atoms with Gasteiger partial charge in [0, 0.05) is 42.7 Å². The summed E-state index contributed by atoms with van der Waals surface area (Å²) in [6.45, 7) is 3.34. The molecule has 2 aromatic rings. The normalized spacial score (nSPS) is 28.8. The highest BCUT2D eigenvalue weighted by molar-refractivity contribution is 5.88. The van der Waals surface area contributed by atoms with Crippen LogP contribution in [0.5, 0.6) is 0 Å². The summed E-state index contributed by atoms with van der Waals surface area (Å²) in [7, 11) is 3.79. The number of aromatic amines is 1. The van der Waals surface area contributed by atoms with Crippen molar-refractivity contribution in [3.63, 3.8) is 0 Å². The molecule has 4 rings (SSSR count). The van der Waals surface area contributed by atoms with Crippen molar-refractivity contribution in [3.8, 4) is 0 Å². The second-order valence-electron chi connectivity index (χ2n) is 7.51. The Morgan fingerprint density at radius 1 is 1.44 bits per heavy atom. The minimum atomic E-state index is -0.601. The van der Waals surface area contributed by atoms with Crippen molar-refractivity contribution >= 4 is 16.9 Å². The molecule has 1 aliphatic heterocycles. The van der Waals surface area contributed by atoms with Crippen molar-refractivity contribution in [1.29, 1.82) is 0 Å². The Bertz CT molecular complexity index is 799. The van der Waals surface area contributed by atoms with Crippen molar-refractivity contribution in [2.24, 2.45) is 5.41 Å². The molecule has 0 bridgehead atoms. The van der Waals surface area contributed by atoms with E-state index >= 15 is 0 Å². The monoisotopic (exact) mass is 342 g/mol. The van der Waals surface area contributed by atoms with Gasteiger partial charge < -0.3 is 19.4 Å². The average Bonchev–Trinajstić information content (AvgIpc) is 3.01. The summed E-state index contributed by atoms with van der Waals surface area (Å²) >= 11 is 0. The number of hydrogen-bond acceptors (Lipinski definition) is 4. The number of nitrogens with zero attached hydrogens (tertiary/aromatic N) is 1. The average molecular weight is 342 g/mol. The van der Waals surface area contributed by atoms with Crippen molar-refractivity contribution < 1.29 is 14.3 Å². The lowest BCUT2D eigenvalue weighted by atomic mass is 9.66. The molecule has 2 aliphatic rings. The molecule has 1 fully saturated rings. The van der Waals surface area contributed by atoms with Crippen LogP contribution in [-0.4, -0.2) is 55.8 Å². The molecular formula is C20H26N2O3. The highest BCUT2D eigenvalue weighted by Crippen LogP contribution is 2.48. The molecule has 1 aliphatic carbocycles. The van der Waals surface area contributed by atoms with Crippen LogP contribution in [0.2, 0.25) is 0 Å². The third kappa shape index (κ3) is 2.49. The van der Waals surface area contributed by atoms with Crippen LogP contribution in [0, 0.1) is 5.41 Å². The number of methoxy groups -OCH3 is 1. The summed E-state index contributed by atoms with van der Waals surface area (Å²) in [4.78, 5) is 18.6. The van der Waals surface area contributed by atoms with Gasteiger partial charge in [0.05, 0.1) is 13.2 Å². The summed E-state index contributed by atoms with van der Waals surface area (Å²) in [6.07, 6.45) is 3.93. The van der Waals surface area contributed by atoms with Gasteiger partial charge in [-0.2, -0.15) is 0 Å². The summed E-state index contributed by atoms with van der Waals surface area (Å²) < 4.78 is 10.9. The molecule has 1 aromatic heterocycles. The smallest absolute Gasteiger partial charge is 0.315 e. The number of rotatable bonds is 4. The molecule has 25 heavy (non-hydrogen) atoms. The van der Waals surface area contributed by atoms with Crippen LogP contribution in [0.4, 0.5) is 0 Å². The fraction of sp³-hybridized carbons (Fsp3) is 0.550. The third-order valence-electron chi connectivity index (χ3n) is 5.97. The van der Waals surface area contributed by atoms with Crippen LogP contribution in [-0.2, 0) is 20.7 Å². The molecule has 2 heterocycles. The molecule has 1 N–H and O–H groups in total. The van der Waals surface area contributed by atoms with Crippen LogP contribution in [0.1, 0.15) is 30.4 Å². The number of hydrogen-bond donors (Lipinski definition) is 1. The number of likely N-dealkylation sites (tertiary alicyclic amines) is 1. The fourth-order valence-corrected chi connectivity index (χ4v) is 4.99. The summed E-state index contributed by atoms with van der Waals surface area (Å²) in [5, 5.41) is 1.34. The fourth-order valence-electron chi connectivity index (χ4n) is 4.99. The second kappa shape index (κ2) is 6.15. The van der Waals surface area contributed by atoms with Crippen LogP contribution in [0.15, 0.2) is 24.4 Å². The number of nitrogens with one attached hydrogen (secondary N) is 1. The molecule has 5 nitrogen and oxygen atoms in total. The van der Waals surface area contributed by atoms with Crippen LogP contribution < -0.4 is 0 Å². The molecule has 1 saturated heterocycles. The lowest BCUT2D eigenvalue weighted by Crippen LogP contribution is -2.57. The van der Waals surface area contributed by atoms with Crippen molar-refractivity contribution in [2.45, 2.75) is 31.7 Å². The van der Waals surface area contributed by atoms with Gasteiger partial charge in [-0.15, -0.1) is 0 Å². The quantitative estimate of drug-likeness (QED) is 0.868. The molecule has 5 heteroatoms. The van der Waals surface area contributed by atoms with Gasteiger partial charge in [0.1, 0.15) is 5.41 Å². The summed E-state index contributed by atoms with van der Waals surface area (Å²) in [5.41, 5.74) is 3.32. The lowest BCUT2D eigenvalue weighted by Gasteiger charge is -2.49. The van der Waals surface area contributed by atoms with Gasteiger partial charge in [-0.05, 0) is 44.0 Å². The van der Waals surface area contributed by atoms with Crippen LogP contribution in [0.25, 0.3) is 10.9 Å². The van der Waals surface area contributed by atoms with Gasteiger partial charge in [-0.3, -0.25) is 4.79 Å². The first-order valence-corrected chi connectivity index (χ1v) is 9.05. The number of ether oxygens (including phenoxy) is 2. The number of carbonyl (C=O) groups is 1. The predicted octanol–water partition coefficient (Wildman–Crippen LogP) is 2.71. The first-order valence-electron chi connectivity index (χ1n) is 9.05. The van der Waals surface area contributed by atoms with Gasteiger partial charge in [0.2, 0.25) is 0 Å². The number of benzene rings is 1. The highest BCUT2D eigenvalue weighted by atomic mass is 16.5. The van der Waals surface area contributed by atoms with Crippen molar-refractivity contribution in [3.05, 3.63) is 35.5 Å². The molecule has 0 saturated carbocycles. The molecule has 134 valence electrons. The predicted molar refractivity (Wildman–Crippen MR) is 96.7 cm³/mol. The van der Waals surface area contributed by atoms with E-state index in [0.717, 1.165) is 12.8 Å². The van der Waals surface area contributed by atoms with E-state index in [2.05, 4.69) is 41.3 Å². The topological polar surface area (TPSA) is 54.6 Å². The Labute approximate surface area is 148 Å². The van der Waals surface area contributed by atoms with E-state index in [1.807, 2.05) is 6.92 Å². The summed E-state index contributed by atoms with van der Waals surface area (Å²) in [6, 6.07) is 6.87. The number of esters is 1. The van der Waals surface area contributed by atoms with E-state index in [4.69, 9.17) is 9.47 Å². The summed E-state index contributed by atoms with van der Waals surface area (Å²) in [5.74, 6) is 0.180. The lowest BCUT2D eigenvalue weighted by molar-refractivity contribution is -0.165. The maximum absolute atomic E-state index is 12.8. The SMILES string of the molecule is CCOC(=O)[C@]1(COC)CC2c3cccc4[nH]cc(c34)C[C@H]2N(C)C1. The zero-order chi connectivity index (χ0) is 17.6. The minimum absolute atomic E-state index is 0.130. The molecule has 3 atom stereocenters. The molecule has 0 spiro atoms. The van der Waals surface area contributed by atoms with Gasteiger partial charge in [0.25, 0.3) is 0 Å². The van der Waals surface area contributed by atoms with E-state index in [9.17, 15) is 4.79 Å². The van der Waals surface area contributed by atoms with Crippen molar-refractivity contribution in [2.75, 3.05) is 33.9 Å². The second-order valence-corrected chi connectivity index (χ2v) is 7.51. The van der Waals surface area contributed by atoms with E-state index in [-0.39, 0.29) is 5.97 Å². The number of likely N-dealkylation sites (N-methyl/N-ethyl adjacent to an activating group) is 1. The first kappa shape index (κ1) is 16.6. The molecule has 0 radical (unpaired) electrons. The van der Waals surface area contributed by atoms with Crippen LogP contribution in [0.3, 0.4) is 0 Å². The number of carbonyl (C=O) groups excluding carboxylic acids is 1. The molecule has 0 amide bonds. The Balaban J connectivity index is 1.78. The molecule has 1 unspecified atom stereocenters. The number of H-pyrrole nitrogens is 1. The number of aromatic nitrogens is 1. The third-order valence-corrected chi connectivity index (χ3v) is 5.97.